The first-order valence-electron chi connectivity index (χ1n) is 6.71. The summed E-state index contributed by atoms with van der Waals surface area (Å²) < 4.78 is 14.8. The van der Waals surface area contributed by atoms with E-state index in [2.05, 4.69) is 10.1 Å². The molecule has 0 saturated carbocycles. The molecule has 2 heterocycles. The van der Waals surface area contributed by atoms with Crippen LogP contribution in [0.25, 0.3) is 17.1 Å². The largest absolute Gasteiger partial charge is 0.478 e. The average molecular weight is 332 g/mol. The van der Waals surface area contributed by atoms with Gasteiger partial charge in [0, 0.05) is 17.3 Å². The Morgan fingerprint density at radius 2 is 2.22 bits per heavy atom. The van der Waals surface area contributed by atoms with Crippen LogP contribution in [0.4, 0.5) is 4.39 Å². The van der Waals surface area contributed by atoms with Crippen LogP contribution in [-0.4, -0.2) is 25.8 Å². The van der Waals surface area contributed by atoms with Crippen LogP contribution in [0, 0.1) is 5.82 Å². The van der Waals surface area contributed by atoms with E-state index < -0.39 is 11.8 Å². The minimum Gasteiger partial charge on any atom is -0.478 e. The van der Waals surface area contributed by atoms with Crippen molar-refractivity contribution in [2.75, 3.05) is 0 Å². The number of carbonyl (C=O) groups is 1. The molecule has 116 valence electrons. The van der Waals surface area contributed by atoms with Gasteiger partial charge in [-0.3, -0.25) is 9.67 Å². The van der Waals surface area contributed by atoms with E-state index in [-0.39, 0.29) is 0 Å². The second-order valence-corrected chi connectivity index (χ2v) is 5.23. The van der Waals surface area contributed by atoms with Crippen LogP contribution >= 0.6 is 11.6 Å². The fourth-order valence-corrected chi connectivity index (χ4v) is 2.45. The second kappa shape index (κ2) is 6.18. The van der Waals surface area contributed by atoms with Gasteiger partial charge in [0.25, 0.3) is 0 Å². The molecule has 5 nitrogen and oxygen atoms in total. The number of aliphatic carboxylic acids is 1. The highest BCUT2D eigenvalue weighted by Gasteiger charge is 2.11. The van der Waals surface area contributed by atoms with Crippen LogP contribution in [0.3, 0.4) is 0 Å². The average Bonchev–Trinajstić information content (AvgIpc) is 2.86. The zero-order valence-electron chi connectivity index (χ0n) is 11.8. The van der Waals surface area contributed by atoms with Crippen molar-refractivity contribution >= 4 is 34.7 Å². The smallest absolute Gasteiger partial charge is 0.328 e. The highest BCUT2D eigenvalue weighted by molar-refractivity contribution is 6.31. The van der Waals surface area contributed by atoms with Gasteiger partial charge in [-0.25, -0.2) is 9.18 Å². The van der Waals surface area contributed by atoms with Crippen molar-refractivity contribution in [3.63, 3.8) is 0 Å². The monoisotopic (exact) mass is 331 g/mol. The maximum atomic E-state index is 13.1. The normalized spacial score (nSPS) is 11.4. The van der Waals surface area contributed by atoms with E-state index in [9.17, 15) is 9.18 Å². The standard InChI is InChI=1S/C16H11ClFN3O2/c17-12-8-11(18)4-3-10(12)9-21-14-2-1-7-19-16(14)13(20-21)5-6-15(22)23/h1-8H,9H2,(H,22,23). The van der Waals surface area contributed by atoms with Crippen LogP contribution in [0.5, 0.6) is 0 Å². The molecule has 0 spiro atoms. The summed E-state index contributed by atoms with van der Waals surface area (Å²) in [4.78, 5) is 14.9. The third-order valence-electron chi connectivity index (χ3n) is 3.25. The number of carboxylic acids is 1. The summed E-state index contributed by atoms with van der Waals surface area (Å²) in [5.74, 6) is -1.47. The van der Waals surface area contributed by atoms with Gasteiger partial charge in [0.05, 0.1) is 12.1 Å². The van der Waals surface area contributed by atoms with Crippen molar-refractivity contribution in [1.29, 1.82) is 0 Å². The zero-order valence-corrected chi connectivity index (χ0v) is 12.5. The van der Waals surface area contributed by atoms with Crippen molar-refractivity contribution in [3.8, 4) is 0 Å². The highest BCUT2D eigenvalue weighted by Crippen LogP contribution is 2.22. The minimum absolute atomic E-state index is 0.306. The number of benzene rings is 1. The number of halogens is 2. The van der Waals surface area contributed by atoms with Crippen LogP contribution < -0.4 is 0 Å². The molecule has 0 fully saturated rings. The van der Waals surface area contributed by atoms with Gasteiger partial charge in [-0.15, -0.1) is 0 Å². The number of fused-ring (bicyclic) bond motifs is 1. The van der Waals surface area contributed by atoms with Crippen LogP contribution in [0.2, 0.25) is 5.02 Å². The Balaban J connectivity index is 2.05. The molecule has 23 heavy (non-hydrogen) atoms. The number of nitrogens with zero attached hydrogens (tertiary/aromatic N) is 3. The van der Waals surface area contributed by atoms with E-state index in [0.717, 1.165) is 11.6 Å². The summed E-state index contributed by atoms with van der Waals surface area (Å²) in [6.07, 6.45) is 4.00. The molecular weight excluding hydrogens is 321 g/mol. The van der Waals surface area contributed by atoms with Crippen molar-refractivity contribution in [1.82, 2.24) is 14.8 Å². The number of rotatable bonds is 4. The first-order chi connectivity index (χ1) is 11.0. The Morgan fingerprint density at radius 3 is 2.96 bits per heavy atom. The van der Waals surface area contributed by atoms with Crippen molar-refractivity contribution in [2.24, 2.45) is 0 Å². The minimum atomic E-state index is -1.06. The van der Waals surface area contributed by atoms with E-state index in [1.54, 1.807) is 23.0 Å². The Morgan fingerprint density at radius 1 is 1.39 bits per heavy atom. The summed E-state index contributed by atoms with van der Waals surface area (Å²) in [6, 6.07) is 7.75. The molecule has 0 aliphatic heterocycles. The topological polar surface area (TPSA) is 68.0 Å². The molecule has 1 aromatic carbocycles. The van der Waals surface area contributed by atoms with Crippen molar-refractivity contribution < 1.29 is 14.3 Å². The van der Waals surface area contributed by atoms with Gasteiger partial charge >= 0.3 is 5.97 Å². The fourth-order valence-electron chi connectivity index (χ4n) is 2.23. The van der Waals surface area contributed by atoms with E-state index >= 15 is 0 Å². The highest BCUT2D eigenvalue weighted by atomic mass is 35.5. The predicted octanol–water partition coefficient (Wildman–Crippen LogP) is 3.37. The molecule has 3 rings (SSSR count). The number of pyridine rings is 1. The Hall–Kier alpha value is -2.73. The lowest BCUT2D eigenvalue weighted by Gasteiger charge is -2.06. The van der Waals surface area contributed by atoms with E-state index in [0.29, 0.717) is 28.3 Å². The van der Waals surface area contributed by atoms with Gasteiger partial charge in [0.2, 0.25) is 0 Å². The van der Waals surface area contributed by atoms with E-state index in [1.165, 1.54) is 18.2 Å². The molecule has 0 aliphatic carbocycles. The Labute approximate surface area is 135 Å². The lowest BCUT2D eigenvalue weighted by atomic mass is 10.2. The van der Waals surface area contributed by atoms with Gasteiger partial charge in [0.15, 0.2) is 0 Å². The molecule has 0 radical (unpaired) electrons. The molecule has 0 aliphatic rings. The van der Waals surface area contributed by atoms with E-state index in [1.807, 2.05) is 6.07 Å². The van der Waals surface area contributed by atoms with Crippen LogP contribution in [-0.2, 0) is 11.3 Å². The SMILES string of the molecule is O=C(O)C=Cc1nn(Cc2ccc(F)cc2Cl)c2cccnc12. The summed E-state index contributed by atoms with van der Waals surface area (Å²) in [5.41, 5.74) is 2.47. The van der Waals surface area contributed by atoms with Gasteiger partial charge in [-0.2, -0.15) is 5.10 Å². The maximum absolute atomic E-state index is 13.1. The maximum Gasteiger partial charge on any atom is 0.328 e. The molecule has 2 aromatic heterocycles. The van der Waals surface area contributed by atoms with Gasteiger partial charge in [-0.05, 0) is 35.9 Å². The number of hydrogen-bond acceptors (Lipinski definition) is 3. The first kappa shape index (κ1) is 15.2. The summed E-state index contributed by atoms with van der Waals surface area (Å²) in [6.45, 7) is 0.322. The number of hydrogen-bond donors (Lipinski definition) is 1. The summed E-state index contributed by atoms with van der Waals surface area (Å²) >= 11 is 6.05. The van der Waals surface area contributed by atoms with Gasteiger partial charge in [-0.1, -0.05) is 17.7 Å². The number of carboxylic acid groups (broad SMARTS) is 1. The zero-order chi connectivity index (χ0) is 16.4. The van der Waals surface area contributed by atoms with E-state index in [4.69, 9.17) is 16.7 Å². The van der Waals surface area contributed by atoms with Crippen molar-refractivity contribution in [2.45, 2.75) is 6.54 Å². The molecule has 1 N–H and O–H groups in total. The Kier molecular flexibility index (Phi) is 4.08. The summed E-state index contributed by atoms with van der Waals surface area (Å²) in [7, 11) is 0. The number of aromatic nitrogens is 3. The molecule has 7 heteroatoms. The molecule has 0 bridgehead atoms. The Bertz CT molecular complexity index is 921. The summed E-state index contributed by atoms with van der Waals surface area (Å²) in [5, 5.41) is 13.4. The molecule has 0 amide bonds. The fraction of sp³-hybridized carbons (Fsp3) is 0.0625. The molecule has 3 aromatic rings. The second-order valence-electron chi connectivity index (χ2n) is 4.82. The lowest BCUT2D eigenvalue weighted by molar-refractivity contribution is -0.131. The lowest BCUT2D eigenvalue weighted by Crippen LogP contribution is -2.02. The molecule has 0 unspecified atom stereocenters. The molecular formula is C16H11ClFN3O2. The first-order valence-corrected chi connectivity index (χ1v) is 7.09. The van der Waals surface area contributed by atoms with Crippen LogP contribution in [0.1, 0.15) is 11.3 Å². The third-order valence-corrected chi connectivity index (χ3v) is 3.61. The third kappa shape index (κ3) is 3.22. The molecule has 0 atom stereocenters. The van der Waals surface area contributed by atoms with Crippen LogP contribution in [0.15, 0.2) is 42.6 Å². The van der Waals surface area contributed by atoms with Crippen molar-refractivity contribution in [3.05, 3.63) is 64.7 Å². The molecule has 0 saturated heterocycles. The van der Waals surface area contributed by atoms with Gasteiger partial charge in [0.1, 0.15) is 17.0 Å². The van der Waals surface area contributed by atoms with Gasteiger partial charge < -0.3 is 5.11 Å². The predicted molar refractivity (Wildman–Crippen MR) is 84.7 cm³/mol. The quantitative estimate of drug-likeness (QED) is 0.744.